The van der Waals surface area contributed by atoms with Crippen LogP contribution in [0.25, 0.3) is 23.2 Å². The smallest absolute Gasteiger partial charge is 0.320 e. The van der Waals surface area contributed by atoms with Gasteiger partial charge < -0.3 is 14.4 Å². The fourth-order valence-corrected chi connectivity index (χ4v) is 3.82. The van der Waals surface area contributed by atoms with E-state index in [1.165, 1.54) is 0 Å². The normalized spacial score (nSPS) is 15.9. The molecule has 0 bridgehead atoms. The number of hydrogen-bond donors (Lipinski definition) is 0. The number of aromatic nitrogens is 2. The lowest BCUT2D eigenvalue weighted by Gasteiger charge is -2.24. The summed E-state index contributed by atoms with van der Waals surface area (Å²) in [5.41, 5.74) is 4.46. The van der Waals surface area contributed by atoms with E-state index in [9.17, 15) is 4.79 Å². The summed E-state index contributed by atoms with van der Waals surface area (Å²) in [6.45, 7) is 6.69. The molecule has 4 rings (SSSR count). The quantitative estimate of drug-likeness (QED) is 0.652. The van der Waals surface area contributed by atoms with Gasteiger partial charge in [-0.1, -0.05) is 42.5 Å². The molecule has 144 valence electrons. The molecule has 3 aromatic rings. The summed E-state index contributed by atoms with van der Waals surface area (Å²) in [6, 6.07) is 16.8. The first-order valence-electron chi connectivity index (χ1n) is 9.83. The van der Waals surface area contributed by atoms with Gasteiger partial charge in [-0.15, -0.1) is 0 Å². The summed E-state index contributed by atoms with van der Waals surface area (Å²) in [7, 11) is 1.85. The number of benzene rings is 2. The van der Waals surface area contributed by atoms with Gasteiger partial charge in [0.05, 0.1) is 17.1 Å². The number of likely N-dealkylation sites (N-methyl/N-ethyl adjacent to an activating group) is 1. The van der Waals surface area contributed by atoms with Crippen LogP contribution in [0.3, 0.4) is 0 Å². The van der Waals surface area contributed by atoms with Crippen LogP contribution >= 0.6 is 0 Å². The van der Waals surface area contributed by atoms with Crippen molar-refractivity contribution in [3.63, 3.8) is 0 Å². The Kier molecular flexibility index (Phi) is 4.90. The third-order valence-electron chi connectivity index (χ3n) is 5.56. The molecule has 0 saturated carbocycles. The van der Waals surface area contributed by atoms with Crippen molar-refractivity contribution in [2.75, 3.05) is 20.1 Å². The third kappa shape index (κ3) is 3.28. The van der Waals surface area contributed by atoms with E-state index < -0.39 is 0 Å². The average Bonchev–Trinajstić information content (AvgIpc) is 3.25. The van der Waals surface area contributed by atoms with Crippen molar-refractivity contribution < 1.29 is 4.79 Å². The van der Waals surface area contributed by atoms with E-state index in [0.717, 1.165) is 47.6 Å². The predicted molar refractivity (Wildman–Crippen MR) is 114 cm³/mol. The van der Waals surface area contributed by atoms with E-state index in [0.29, 0.717) is 0 Å². The molecular formula is C23H26N4O. The molecule has 1 aliphatic heterocycles. The number of para-hydroxylation sites is 2. The Morgan fingerprint density at radius 2 is 1.82 bits per heavy atom. The zero-order valence-electron chi connectivity index (χ0n) is 16.7. The fourth-order valence-electron chi connectivity index (χ4n) is 3.82. The molecule has 1 atom stereocenters. The molecule has 1 unspecified atom stereocenters. The first-order chi connectivity index (χ1) is 13.6. The molecule has 1 saturated heterocycles. The van der Waals surface area contributed by atoms with Crippen LogP contribution in [0.1, 0.15) is 36.8 Å². The number of fused-ring (bicyclic) bond motifs is 1. The van der Waals surface area contributed by atoms with Crippen molar-refractivity contribution >= 4 is 29.2 Å². The van der Waals surface area contributed by atoms with Gasteiger partial charge in [-0.2, -0.15) is 0 Å². The monoisotopic (exact) mass is 374 g/mol. The number of rotatable bonds is 5. The maximum Gasteiger partial charge on any atom is 0.320 e. The highest BCUT2D eigenvalue weighted by atomic mass is 16.2. The lowest BCUT2D eigenvalue weighted by atomic mass is 10.0. The van der Waals surface area contributed by atoms with E-state index in [-0.39, 0.29) is 12.1 Å². The number of aryl methyl sites for hydroxylation is 1. The van der Waals surface area contributed by atoms with Gasteiger partial charge in [0.15, 0.2) is 0 Å². The maximum atomic E-state index is 12.2. The Labute approximate surface area is 165 Å². The minimum Gasteiger partial charge on any atom is -0.326 e. The molecule has 2 aromatic carbocycles. The summed E-state index contributed by atoms with van der Waals surface area (Å²) in [6.07, 6.45) is 4.16. The van der Waals surface area contributed by atoms with Crippen LogP contribution in [-0.4, -0.2) is 45.5 Å². The van der Waals surface area contributed by atoms with Gasteiger partial charge in [-0.05, 0) is 43.2 Å². The standard InChI is InChI=1S/C23H26N4O/c1-4-26-21-8-6-5-7-20(21)24-22(26)14-11-18-9-12-19(13-10-18)17(2)27-16-15-25(3)23(27)28/h5-14,17H,4,15-16H2,1-3H3/b14-11+. The number of carbonyl (C=O) groups excluding carboxylic acids is 1. The molecule has 0 aliphatic carbocycles. The second kappa shape index (κ2) is 7.50. The van der Waals surface area contributed by atoms with Crippen molar-refractivity contribution in [2.45, 2.75) is 26.4 Å². The van der Waals surface area contributed by atoms with Crippen molar-refractivity contribution in [3.05, 3.63) is 65.5 Å². The van der Waals surface area contributed by atoms with E-state index in [2.05, 4.69) is 60.9 Å². The summed E-state index contributed by atoms with van der Waals surface area (Å²) >= 11 is 0. The molecule has 2 heterocycles. The van der Waals surface area contributed by atoms with Gasteiger partial charge in [0.1, 0.15) is 5.82 Å². The fraction of sp³-hybridized carbons (Fsp3) is 0.304. The van der Waals surface area contributed by atoms with Gasteiger partial charge in [-0.25, -0.2) is 9.78 Å². The van der Waals surface area contributed by atoms with Crippen molar-refractivity contribution in [2.24, 2.45) is 0 Å². The molecule has 0 N–H and O–H groups in total. The van der Waals surface area contributed by atoms with Crippen LogP contribution in [0.5, 0.6) is 0 Å². The number of carbonyl (C=O) groups is 1. The predicted octanol–water partition coefficient (Wildman–Crippen LogP) is 4.66. The van der Waals surface area contributed by atoms with E-state index >= 15 is 0 Å². The van der Waals surface area contributed by atoms with E-state index in [1.807, 2.05) is 30.1 Å². The first kappa shape index (κ1) is 18.3. The number of urea groups is 1. The minimum atomic E-state index is 0.0831. The molecular weight excluding hydrogens is 348 g/mol. The third-order valence-corrected chi connectivity index (χ3v) is 5.56. The summed E-state index contributed by atoms with van der Waals surface area (Å²) in [5, 5.41) is 0. The summed E-state index contributed by atoms with van der Waals surface area (Å²) in [5.74, 6) is 0.965. The van der Waals surface area contributed by atoms with Crippen LogP contribution in [0.2, 0.25) is 0 Å². The number of imidazole rings is 1. The number of amides is 2. The van der Waals surface area contributed by atoms with Crippen LogP contribution in [0, 0.1) is 0 Å². The zero-order valence-corrected chi connectivity index (χ0v) is 16.7. The lowest BCUT2D eigenvalue weighted by Crippen LogP contribution is -2.31. The average molecular weight is 374 g/mol. The number of hydrogen-bond acceptors (Lipinski definition) is 2. The van der Waals surface area contributed by atoms with Gasteiger partial charge in [0.25, 0.3) is 0 Å². The van der Waals surface area contributed by atoms with Crippen LogP contribution in [-0.2, 0) is 6.54 Å². The molecule has 1 aliphatic rings. The highest BCUT2D eigenvalue weighted by molar-refractivity contribution is 5.80. The largest absolute Gasteiger partial charge is 0.326 e. The second-order valence-electron chi connectivity index (χ2n) is 7.28. The van der Waals surface area contributed by atoms with Crippen molar-refractivity contribution in [3.8, 4) is 0 Å². The van der Waals surface area contributed by atoms with E-state index in [1.54, 1.807) is 4.90 Å². The Hall–Kier alpha value is -3.08. The molecule has 5 nitrogen and oxygen atoms in total. The molecule has 28 heavy (non-hydrogen) atoms. The summed E-state index contributed by atoms with van der Waals surface area (Å²) < 4.78 is 2.22. The minimum absolute atomic E-state index is 0.0831. The van der Waals surface area contributed by atoms with E-state index in [4.69, 9.17) is 4.98 Å². The SMILES string of the molecule is CCn1c(/C=C/c2ccc(C(C)N3CCN(C)C3=O)cc2)nc2ccccc21. The topological polar surface area (TPSA) is 41.4 Å². The van der Waals surface area contributed by atoms with Crippen molar-refractivity contribution in [1.82, 2.24) is 19.4 Å². The highest BCUT2D eigenvalue weighted by Gasteiger charge is 2.29. The lowest BCUT2D eigenvalue weighted by molar-refractivity contribution is 0.186. The van der Waals surface area contributed by atoms with Gasteiger partial charge >= 0.3 is 6.03 Å². The summed E-state index contributed by atoms with van der Waals surface area (Å²) in [4.78, 5) is 20.6. The van der Waals surface area contributed by atoms with Gasteiger partial charge in [0, 0.05) is 26.7 Å². The molecule has 5 heteroatoms. The maximum absolute atomic E-state index is 12.2. The molecule has 1 aromatic heterocycles. The second-order valence-corrected chi connectivity index (χ2v) is 7.28. The Morgan fingerprint density at radius 1 is 1.07 bits per heavy atom. The Balaban J connectivity index is 1.53. The van der Waals surface area contributed by atoms with Crippen LogP contribution in [0.4, 0.5) is 4.79 Å². The highest BCUT2D eigenvalue weighted by Crippen LogP contribution is 2.25. The first-order valence-corrected chi connectivity index (χ1v) is 9.83. The van der Waals surface area contributed by atoms with Gasteiger partial charge in [-0.3, -0.25) is 0 Å². The van der Waals surface area contributed by atoms with Gasteiger partial charge in [0.2, 0.25) is 0 Å². The molecule has 1 fully saturated rings. The Bertz CT molecular complexity index is 1020. The molecule has 2 amide bonds. The van der Waals surface area contributed by atoms with Crippen LogP contribution in [0.15, 0.2) is 48.5 Å². The van der Waals surface area contributed by atoms with Crippen LogP contribution < -0.4 is 0 Å². The molecule has 0 radical (unpaired) electrons. The van der Waals surface area contributed by atoms with Crippen molar-refractivity contribution in [1.29, 1.82) is 0 Å². The molecule has 0 spiro atoms. The zero-order chi connectivity index (χ0) is 19.7. The Morgan fingerprint density at radius 3 is 2.50 bits per heavy atom. The number of nitrogens with zero attached hydrogens (tertiary/aromatic N) is 4.